The lowest BCUT2D eigenvalue weighted by Crippen LogP contribution is -2.25. The topological polar surface area (TPSA) is 82.5 Å². The van der Waals surface area contributed by atoms with Gasteiger partial charge < -0.3 is 15.5 Å². The van der Waals surface area contributed by atoms with Crippen molar-refractivity contribution in [2.45, 2.75) is 32.6 Å². The van der Waals surface area contributed by atoms with Crippen molar-refractivity contribution in [2.75, 3.05) is 11.9 Å². The van der Waals surface area contributed by atoms with E-state index in [1.807, 2.05) is 43.3 Å². The van der Waals surface area contributed by atoms with Gasteiger partial charge in [-0.15, -0.1) is 0 Å². The molecule has 0 radical (unpaired) electrons. The van der Waals surface area contributed by atoms with E-state index in [0.717, 1.165) is 29.5 Å². The van der Waals surface area contributed by atoms with Crippen LogP contribution in [0, 0.1) is 24.6 Å². The Morgan fingerprint density at radius 3 is 2.53 bits per heavy atom. The zero-order valence-corrected chi connectivity index (χ0v) is 18.0. The lowest BCUT2D eigenvalue weighted by atomic mass is 9.82. The van der Waals surface area contributed by atoms with Gasteiger partial charge in [-0.1, -0.05) is 24.3 Å². The number of carboxylic acids is 1. The van der Waals surface area contributed by atoms with Gasteiger partial charge in [0.05, 0.1) is 11.6 Å². The fourth-order valence-corrected chi connectivity index (χ4v) is 4.39. The average molecular weight is 435 g/mol. The van der Waals surface area contributed by atoms with Gasteiger partial charge in [-0.25, -0.2) is 9.37 Å². The molecule has 1 aromatic heterocycles. The number of aryl methyl sites for hydroxylation is 1. The van der Waals surface area contributed by atoms with E-state index in [1.54, 1.807) is 0 Å². The minimum Gasteiger partial charge on any atom is -0.507 e. The second kappa shape index (κ2) is 9.39. The van der Waals surface area contributed by atoms with Gasteiger partial charge in [-0.2, -0.15) is 0 Å². The molecule has 166 valence electrons. The molecule has 1 aliphatic carbocycles. The van der Waals surface area contributed by atoms with Gasteiger partial charge in [0.1, 0.15) is 17.4 Å². The summed E-state index contributed by atoms with van der Waals surface area (Å²) in [6.45, 7) is 2.72. The summed E-state index contributed by atoms with van der Waals surface area (Å²) in [4.78, 5) is 15.8. The highest BCUT2D eigenvalue weighted by Crippen LogP contribution is 2.34. The van der Waals surface area contributed by atoms with Gasteiger partial charge >= 0.3 is 5.97 Å². The molecule has 0 aliphatic heterocycles. The molecular weight excluding hydrogens is 407 g/mol. The molecule has 32 heavy (non-hydrogen) atoms. The third-order valence-electron chi connectivity index (χ3n) is 6.28. The maximum absolute atomic E-state index is 13.9. The molecule has 1 fully saturated rings. The minimum absolute atomic E-state index is 0.0289. The number of hydrogen-bond donors (Lipinski definition) is 3. The van der Waals surface area contributed by atoms with Gasteiger partial charge in [0.15, 0.2) is 0 Å². The van der Waals surface area contributed by atoms with Crippen LogP contribution in [0.2, 0.25) is 0 Å². The van der Waals surface area contributed by atoms with Crippen molar-refractivity contribution < 1.29 is 19.4 Å². The van der Waals surface area contributed by atoms with E-state index >= 15 is 0 Å². The minimum atomic E-state index is -0.705. The summed E-state index contributed by atoms with van der Waals surface area (Å²) < 4.78 is 13.9. The average Bonchev–Trinajstić information content (AvgIpc) is 2.79. The summed E-state index contributed by atoms with van der Waals surface area (Å²) in [7, 11) is 0. The Labute approximate surface area is 187 Å². The molecular formula is C26H27FN2O3. The first kappa shape index (κ1) is 21.8. The van der Waals surface area contributed by atoms with Crippen molar-refractivity contribution >= 4 is 11.8 Å². The molecule has 6 heteroatoms. The lowest BCUT2D eigenvalue weighted by Gasteiger charge is -2.26. The molecule has 0 atom stereocenters. The van der Waals surface area contributed by atoms with Crippen molar-refractivity contribution in [3.05, 3.63) is 66.0 Å². The highest BCUT2D eigenvalue weighted by atomic mass is 19.1. The first-order chi connectivity index (χ1) is 15.4. The number of hydrogen-bond acceptors (Lipinski definition) is 4. The third-order valence-corrected chi connectivity index (χ3v) is 6.28. The summed E-state index contributed by atoms with van der Waals surface area (Å²) in [5, 5.41) is 22.9. The smallest absolute Gasteiger partial charge is 0.306 e. The van der Waals surface area contributed by atoms with Crippen LogP contribution in [0.1, 0.15) is 31.2 Å². The summed E-state index contributed by atoms with van der Waals surface area (Å²) in [6.07, 6.45) is 3.11. The number of benzene rings is 2. The molecule has 1 heterocycles. The highest BCUT2D eigenvalue weighted by Gasteiger charge is 2.25. The van der Waals surface area contributed by atoms with Crippen LogP contribution in [0.5, 0.6) is 5.75 Å². The van der Waals surface area contributed by atoms with E-state index in [2.05, 4.69) is 10.3 Å². The van der Waals surface area contributed by atoms with Crippen LogP contribution in [0.15, 0.2) is 54.6 Å². The number of aromatic nitrogens is 1. The Balaban J connectivity index is 1.63. The van der Waals surface area contributed by atoms with Crippen molar-refractivity contribution in [2.24, 2.45) is 11.8 Å². The van der Waals surface area contributed by atoms with Crippen LogP contribution in [-0.2, 0) is 4.79 Å². The molecule has 5 nitrogen and oxygen atoms in total. The number of halogens is 1. The molecule has 2 aromatic carbocycles. The zero-order valence-electron chi connectivity index (χ0n) is 18.0. The number of aromatic hydroxyl groups is 1. The predicted molar refractivity (Wildman–Crippen MR) is 123 cm³/mol. The molecule has 0 saturated heterocycles. The van der Waals surface area contributed by atoms with E-state index < -0.39 is 11.8 Å². The Kier molecular flexibility index (Phi) is 6.40. The van der Waals surface area contributed by atoms with Crippen molar-refractivity contribution in [3.63, 3.8) is 0 Å². The van der Waals surface area contributed by atoms with Crippen LogP contribution in [0.4, 0.5) is 10.2 Å². The Morgan fingerprint density at radius 2 is 1.81 bits per heavy atom. The van der Waals surface area contributed by atoms with E-state index in [-0.39, 0.29) is 11.7 Å². The number of phenols is 1. The van der Waals surface area contributed by atoms with E-state index in [0.29, 0.717) is 42.4 Å². The standard InChI is InChI=1S/C26H27FN2O3/c1-16-4-2-3-5-21(16)19-12-23(22-14-20(27)10-11-24(22)30)29-25(13-19)28-15-17-6-8-18(9-7-17)26(31)32/h2-5,10-14,17-18,30H,6-9,15H2,1H3,(H,28,29)(H,31,32). The quantitative estimate of drug-likeness (QED) is 0.452. The highest BCUT2D eigenvalue weighted by molar-refractivity contribution is 5.77. The Morgan fingerprint density at radius 1 is 1.06 bits per heavy atom. The predicted octanol–water partition coefficient (Wildman–Crippen LogP) is 5.87. The number of phenolic OH excluding ortho intramolecular Hbond substituents is 1. The molecule has 1 saturated carbocycles. The van der Waals surface area contributed by atoms with Crippen LogP contribution >= 0.6 is 0 Å². The molecule has 1 aliphatic rings. The number of nitrogens with one attached hydrogen (secondary N) is 1. The second-order valence-corrected chi connectivity index (χ2v) is 8.54. The molecule has 4 rings (SSSR count). The summed E-state index contributed by atoms with van der Waals surface area (Å²) in [5.41, 5.74) is 3.89. The van der Waals surface area contributed by atoms with Gasteiger partial charge in [0, 0.05) is 12.1 Å². The van der Waals surface area contributed by atoms with E-state index in [4.69, 9.17) is 0 Å². The van der Waals surface area contributed by atoms with Crippen molar-refractivity contribution in [3.8, 4) is 28.1 Å². The SMILES string of the molecule is Cc1ccccc1-c1cc(NCC2CCC(C(=O)O)CC2)nc(-c2cc(F)ccc2O)c1. The van der Waals surface area contributed by atoms with Gasteiger partial charge in [-0.05, 0) is 85.5 Å². The van der Waals surface area contributed by atoms with Crippen molar-refractivity contribution in [1.82, 2.24) is 4.98 Å². The first-order valence-electron chi connectivity index (χ1n) is 10.9. The Hall–Kier alpha value is -3.41. The van der Waals surface area contributed by atoms with Gasteiger partial charge in [0.2, 0.25) is 0 Å². The van der Waals surface area contributed by atoms with E-state index in [1.165, 1.54) is 18.2 Å². The number of anilines is 1. The molecule has 0 spiro atoms. The fraction of sp³-hybridized carbons (Fsp3) is 0.308. The van der Waals surface area contributed by atoms with Crippen LogP contribution in [-0.4, -0.2) is 27.7 Å². The van der Waals surface area contributed by atoms with Gasteiger partial charge in [-0.3, -0.25) is 4.79 Å². The van der Waals surface area contributed by atoms with E-state index in [9.17, 15) is 19.4 Å². The number of aliphatic carboxylic acids is 1. The summed E-state index contributed by atoms with van der Waals surface area (Å²) in [5.74, 6) is -0.394. The fourth-order valence-electron chi connectivity index (χ4n) is 4.39. The molecule has 0 unspecified atom stereocenters. The second-order valence-electron chi connectivity index (χ2n) is 8.54. The summed E-state index contributed by atoms with van der Waals surface area (Å²) >= 11 is 0. The zero-order chi connectivity index (χ0) is 22.7. The normalized spacial score (nSPS) is 18.3. The van der Waals surface area contributed by atoms with Crippen LogP contribution in [0.25, 0.3) is 22.4 Å². The largest absolute Gasteiger partial charge is 0.507 e. The third kappa shape index (κ3) is 4.90. The number of carboxylic acid groups (broad SMARTS) is 1. The van der Waals surface area contributed by atoms with Crippen LogP contribution in [0.3, 0.4) is 0 Å². The summed E-state index contributed by atoms with van der Waals surface area (Å²) in [6, 6.07) is 15.7. The number of pyridine rings is 1. The molecule has 0 amide bonds. The monoisotopic (exact) mass is 434 g/mol. The molecule has 3 N–H and O–H groups in total. The van der Waals surface area contributed by atoms with Crippen molar-refractivity contribution in [1.29, 1.82) is 0 Å². The number of rotatable bonds is 6. The van der Waals surface area contributed by atoms with Gasteiger partial charge in [0.25, 0.3) is 0 Å². The molecule has 0 bridgehead atoms. The molecule has 3 aromatic rings. The Bertz CT molecular complexity index is 1120. The lowest BCUT2D eigenvalue weighted by molar-refractivity contribution is -0.143. The maximum Gasteiger partial charge on any atom is 0.306 e. The number of carbonyl (C=O) groups is 1. The number of nitrogens with zero attached hydrogens (tertiary/aromatic N) is 1. The first-order valence-corrected chi connectivity index (χ1v) is 10.9. The maximum atomic E-state index is 13.9. The van der Waals surface area contributed by atoms with Crippen LogP contribution < -0.4 is 5.32 Å².